The fourth-order valence-corrected chi connectivity index (χ4v) is 2.95. The zero-order chi connectivity index (χ0) is 15.2. The molecule has 1 aliphatic carbocycles. The monoisotopic (exact) mass is 294 g/mol. The maximum absolute atomic E-state index is 13.3. The zero-order valence-corrected chi connectivity index (χ0v) is 11.0. The Labute approximate surface area is 118 Å². The summed E-state index contributed by atoms with van der Waals surface area (Å²) in [5, 5.41) is 2.14. The fourth-order valence-electron chi connectivity index (χ4n) is 2.95. The summed E-state index contributed by atoms with van der Waals surface area (Å²) in [4.78, 5) is 37.2. The van der Waals surface area contributed by atoms with Crippen LogP contribution in [0.15, 0.2) is 18.2 Å². The van der Waals surface area contributed by atoms with Crippen molar-refractivity contribution in [2.75, 3.05) is 4.90 Å². The number of nitrogens with zero attached hydrogens (tertiary/aromatic N) is 1. The summed E-state index contributed by atoms with van der Waals surface area (Å²) in [7, 11) is 0. The van der Waals surface area contributed by atoms with Gasteiger partial charge in [-0.25, -0.2) is 18.5 Å². The number of anilines is 1. The van der Waals surface area contributed by atoms with Gasteiger partial charge in [0.25, 0.3) is 5.91 Å². The van der Waals surface area contributed by atoms with E-state index in [2.05, 4.69) is 5.32 Å². The Balaban J connectivity index is 2.04. The highest BCUT2D eigenvalue weighted by atomic mass is 19.2. The molecule has 1 saturated carbocycles. The lowest BCUT2D eigenvalue weighted by Crippen LogP contribution is -2.63. The molecule has 0 aromatic heterocycles. The van der Waals surface area contributed by atoms with Gasteiger partial charge in [-0.05, 0) is 25.0 Å². The number of urea groups is 1. The highest BCUT2D eigenvalue weighted by molar-refractivity contribution is 6.30. The number of rotatable bonds is 1. The van der Waals surface area contributed by atoms with Crippen molar-refractivity contribution < 1.29 is 23.2 Å². The van der Waals surface area contributed by atoms with Crippen LogP contribution in [0.25, 0.3) is 0 Å². The van der Waals surface area contributed by atoms with E-state index in [1.807, 2.05) is 0 Å². The Hall–Kier alpha value is -2.31. The number of imide groups is 2. The Morgan fingerprint density at radius 3 is 2.33 bits per heavy atom. The van der Waals surface area contributed by atoms with Crippen molar-refractivity contribution in [3.05, 3.63) is 29.8 Å². The van der Waals surface area contributed by atoms with Crippen LogP contribution in [0.3, 0.4) is 0 Å². The minimum Gasteiger partial charge on any atom is -0.276 e. The van der Waals surface area contributed by atoms with Crippen LogP contribution in [-0.4, -0.2) is 17.8 Å². The Morgan fingerprint density at radius 2 is 1.71 bits per heavy atom. The second-order valence-corrected chi connectivity index (χ2v) is 5.29. The molecule has 0 unspecified atom stereocenters. The molecule has 4 amide bonds. The largest absolute Gasteiger partial charge is 0.335 e. The standard InChI is InChI=1S/C14H12F2N2O3/c15-9-4-3-8(7-10(9)16)18-12(20)14(5-1-2-6-14)11(19)17-13(18)21/h3-4,7H,1-2,5-6H2,(H,17,19,21). The lowest BCUT2D eigenvalue weighted by atomic mass is 9.82. The number of carbonyl (C=O) groups is 3. The van der Waals surface area contributed by atoms with Crippen molar-refractivity contribution in [1.82, 2.24) is 5.32 Å². The number of benzene rings is 1. The van der Waals surface area contributed by atoms with E-state index in [4.69, 9.17) is 0 Å². The lowest BCUT2D eigenvalue weighted by Gasteiger charge is -2.36. The molecule has 21 heavy (non-hydrogen) atoms. The maximum Gasteiger partial charge on any atom is 0.335 e. The lowest BCUT2D eigenvalue weighted by molar-refractivity contribution is -0.142. The first-order chi connectivity index (χ1) is 9.95. The highest BCUT2D eigenvalue weighted by Gasteiger charge is 2.55. The molecule has 110 valence electrons. The minimum atomic E-state index is -1.27. The summed E-state index contributed by atoms with van der Waals surface area (Å²) < 4.78 is 26.3. The van der Waals surface area contributed by atoms with Crippen molar-refractivity contribution in [2.45, 2.75) is 25.7 Å². The number of hydrogen-bond donors (Lipinski definition) is 1. The average molecular weight is 294 g/mol. The van der Waals surface area contributed by atoms with Crippen LogP contribution in [0.1, 0.15) is 25.7 Å². The predicted molar refractivity (Wildman–Crippen MR) is 68.3 cm³/mol. The van der Waals surface area contributed by atoms with Crippen molar-refractivity contribution in [3.63, 3.8) is 0 Å². The van der Waals surface area contributed by atoms with Gasteiger partial charge in [-0.3, -0.25) is 14.9 Å². The first kappa shape index (κ1) is 13.7. The third kappa shape index (κ3) is 1.91. The van der Waals surface area contributed by atoms with Gasteiger partial charge in [0.05, 0.1) is 5.69 Å². The van der Waals surface area contributed by atoms with E-state index >= 15 is 0 Å². The Bertz CT molecular complexity index is 654. The predicted octanol–water partition coefficient (Wildman–Crippen LogP) is 2.11. The summed E-state index contributed by atoms with van der Waals surface area (Å²) >= 11 is 0. The minimum absolute atomic E-state index is 0.0878. The Kier molecular flexibility index (Phi) is 3.00. The van der Waals surface area contributed by atoms with Crippen LogP contribution in [0.2, 0.25) is 0 Å². The molecule has 1 saturated heterocycles. The topological polar surface area (TPSA) is 66.5 Å². The third-order valence-corrected chi connectivity index (χ3v) is 4.09. The van der Waals surface area contributed by atoms with Gasteiger partial charge in [0.1, 0.15) is 5.41 Å². The summed E-state index contributed by atoms with van der Waals surface area (Å²) in [5.74, 6) is -3.51. The molecule has 2 aliphatic rings. The van der Waals surface area contributed by atoms with Gasteiger partial charge >= 0.3 is 6.03 Å². The van der Waals surface area contributed by atoms with Crippen molar-refractivity contribution in [3.8, 4) is 0 Å². The van der Waals surface area contributed by atoms with Gasteiger partial charge in [-0.1, -0.05) is 12.8 Å². The zero-order valence-electron chi connectivity index (χ0n) is 11.0. The van der Waals surface area contributed by atoms with E-state index in [1.165, 1.54) is 0 Å². The van der Waals surface area contributed by atoms with Gasteiger partial charge in [-0.2, -0.15) is 0 Å². The van der Waals surface area contributed by atoms with Crippen LogP contribution in [-0.2, 0) is 9.59 Å². The first-order valence-electron chi connectivity index (χ1n) is 6.61. The van der Waals surface area contributed by atoms with E-state index < -0.39 is 34.9 Å². The quantitative estimate of drug-likeness (QED) is 0.807. The molecule has 2 fully saturated rings. The molecule has 5 nitrogen and oxygen atoms in total. The van der Waals surface area contributed by atoms with Gasteiger partial charge in [0.15, 0.2) is 11.6 Å². The molecule has 3 rings (SSSR count). The molecular formula is C14H12F2N2O3. The molecule has 1 aromatic carbocycles. The second-order valence-electron chi connectivity index (χ2n) is 5.29. The second kappa shape index (κ2) is 4.61. The van der Waals surface area contributed by atoms with Gasteiger partial charge < -0.3 is 0 Å². The average Bonchev–Trinajstić information content (AvgIpc) is 2.92. The van der Waals surface area contributed by atoms with E-state index in [9.17, 15) is 23.2 Å². The number of carbonyl (C=O) groups excluding carboxylic acids is 3. The summed E-state index contributed by atoms with van der Waals surface area (Å²) in [6, 6.07) is 1.80. The molecular weight excluding hydrogens is 282 g/mol. The number of hydrogen-bond acceptors (Lipinski definition) is 3. The molecule has 7 heteroatoms. The third-order valence-electron chi connectivity index (χ3n) is 4.09. The number of nitrogens with one attached hydrogen (secondary N) is 1. The van der Waals surface area contributed by atoms with Gasteiger partial charge in [-0.15, -0.1) is 0 Å². The van der Waals surface area contributed by atoms with E-state index in [1.54, 1.807) is 0 Å². The molecule has 0 atom stereocenters. The van der Waals surface area contributed by atoms with Crippen molar-refractivity contribution in [1.29, 1.82) is 0 Å². The molecule has 1 aromatic rings. The summed E-state index contributed by atoms with van der Waals surface area (Å²) in [6.07, 6.45) is 2.12. The summed E-state index contributed by atoms with van der Waals surface area (Å²) in [5.41, 5.74) is -1.35. The van der Waals surface area contributed by atoms with Crippen LogP contribution in [0.4, 0.5) is 19.3 Å². The molecule has 0 radical (unpaired) electrons. The number of halogens is 2. The first-order valence-corrected chi connectivity index (χ1v) is 6.61. The molecule has 1 aliphatic heterocycles. The van der Waals surface area contributed by atoms with E-state index in [0.717, 1.165) is 23.1 Å². The van der Waals surface area contributed by atoms with Crippen molar-refractivity contribution >= 4 is 23.5 Å². The van der Waals surface area contributed by atoms with Gasteiger partial charge in [0.2, 0.25) is 5.91 Å². The van der Waals surface area contributed by atoms with E-state index in [-0.39, 0.29) is 5.69 Å². The number of amides is 4. The molecule has 1 heterocycles. The van der Waals surface area contributed by atoms with Crippen LogP contribution < -0.4 is 10.2 Å². The molecule has 1 N–H and O–H groups in total. The van der Waals surface area contributed by atoms with Crippen LogP contribution in [0, 0.1) is 17.0 Å². The van der Waals surface area contributed by atoms with Gasteiger partial charge in [0, 0.05) is 6.07 Å². The van der Waals surface area contributed by atoms with Crippen molar-refractivity contribution in [2.24, 2.45) is 5.41 Å². The molecule has 0 bridgehead atoms. The van der Waals surface area contributed by atoms with E-state index in [0.29, 0.717) is 25.7 Å². The highest BCUT2D eigenvalue weighted by Crippen LogP contribution is 2.42. The van der Waals surface area contributed by atoms with Crippen LogP contribution in [0.5, 0.6) is 0 Å². The molecule has 1 spiro atoms. The Morgan fingerprint density at radius 1 is 1.05 bits per heavy atom. The number of barbiturate groups is 1. The maximum atomic E-state index is 13.3. The smallest absolute Gasteiger partial charge is 0.276 e. The fraction of sp³-hybridized carbons (Fsp3) is 0.357. The summed E-state index contributed by atoms with van der Waals surface area (Å²) in [6.45, 7) is 0. The normalized spacial score (nSPS) is 21.0. The van der Waals surface area contributed by atoms with Crippen LogP contribution >= 0.6 is 0 Å². The SMILES string of the molecule is O=C1NC(=O)C2(CCCC2)C(=O)N1c1ccc(F)c(F)c1.